The van der Waals surface area contributed by atoms with Crippen molar-refractivity contribution >= 4 is 51.9 Å². The lowest BCUT2D eigenvalue weighted by Gasteiger charge is -2.21. The second-order valence-corrected chi connectivity index (χ2v) is 10.9. The smallest absolute Gasteiger partial charge is 0.266 e. The van der Waals surface area contributed by atoms with Crippen molar-refractivity contribution in [3.63, 3.8) is 0 Å². The maximum Gasteiger partial charge on any atom is 0.266 e. The Kier molecular flexibility index (Phi) is 8.88. The maximum atomic E-state index is 13.4. The lowest BCUT2D eigenvalue weighted by atomic mass is 9.99. The standard InChI is InChI=1S/C28H30ClN3O2S2/c1-4-6-10-19(5-2)17-31-27(33)25(36-28(31)35)16-21-18-32(22-11-8-7-9-12-22)30-26(21)20-13-14-24(34-3)23(29)15-20/h7-9,11-16,18-19H,4-6,10,17H2,1-3H3/b25-16+. The van der Waals surface area contributed by atoms with E-state index in [1.165, 1.54) is 11.8 Å². The molecule has 36 heavy (non-hydrogen) atoms. The fraction of sp³-hybridized carbons (Fsp3) is 0.321. The molecule has 1 atom stereocenters. The first kappa shape index (κ1) is 26.5. The molecule has 0 radical (unpaired) electrons. The van der Waals surface area contributed by atoms with Crippen LogP contribution >= 0.6 is 35.6 Å². The predicted molar refractivity (Wildman–Crippen MR) is 154 cm³/mol. The molecule has 4 rings (SSSR count). The summed E-state index contributed by atoms with van der Waals surface area (Å²) in [6.07, 6.45) is 8.28. The Morgan fingerprint density at radius 1 is 1.19 bits per heavy atom. The van der Waals surface area contributed by atoms with Crippen LogP contribution in [0.2, 0.25) is 5.02 Å². The van der Waals surface area contributed by atoms with Gasteiger partial charge in [-0.15, -0.1) is 0 Å². The van der Waals surface area contributed by atoms with E-state index in [0.29, 0.717) is 32.5 Å². The first-order valence-electron chi connectivity index (χ1n) is 12.2. The highest BCUT2D eigenvalue weighted by Gasteiger charge is 2.33. The molecule has 188 valence electrons. The molecule has 0 spiro atoms. The van der Waals surface area contributed by atoms with Gasteiger partial charge in [-0.2, -0.15) is 5.10 Å². The van der Waals surface area contributed by atoms with E-state index in [1.54, 1.807) is 12.0 Å². The van der Waals surface area contributed by atoms with Crippen molar-refractivity contribution in [3.05, 3.63) is 70.2 Å². The maximum absolute atomic E-state index is 13.4. The van der Waals surface area contributed by atoms with E-state index in [4.69, 9.17) is 33.7 Å². The average Bonchev–Trinajstić information content (AvgIpc) is 3.43. The molecule has 1 aromatic heterocycles. The van der Waals surface area contributed by atoms with E-state index >= 15 is 0 Å². The number of benzene rings is 2. The number of carbonyl (C=O) groups is 1. The van der Waals surface area contributed by atoms with Crippen molar-refractivity contribution in [2.45, 2.75) is 39.5 Å². The number of aromatic nitrogens is 2. The number of amides is 1. The molecule has 0 N–H and O–H groups in total. The molecular weight excluding hydrogens is 510 g/mol. The first-order chi connectivity index (χ1) is 17.4. The van der Waals surface area contributed by atoms with Crippen LogP contribution in [-0.2, 0) is 4.79 Å². The number of halogens is 1. The largest absolute Gasteiger partial charge is 0.495 e. The van der Waals surface area contributed by atoms with Crippen molar-refractivity contribution in [3.8, 4) is 22.7 Å². The lowest BCUT2D eigenvalue weighted by molar-refractivity contribution is -0.122. The van der Waals surface area contributed by atoms with Gasteiger partial charge >= 0.3 is 0 Å². The van der Waals surface area contributed by atoms with Crippen LogP contribution in [0.25, 0.3) is 23.0 Å². The van der Waals surface area contributed by atoms with Gasteiger partial charge in [-0.25, -0.2) is 4.68 Å². The molecule has 0 bridgehead atoms. The van der Waals surface area contributed by atoms with E-state index in [1.807, 2.05) is 65.5 Å². The number of ether oxygens (including phenoxy) is 1. The van der Waals surface area contributed by atoms with Gasteiger partial charge in [-0.3, -0.25) is 9.69 Å². The van der Waals surface area contributed by atoms with Crippen LogP contribution in [0.1, 0.15) is 45.1 Å². The minimum absolute atomic E-state index is 0.0360. The monoisotopic (exact) mass is 539 g/mol. The highest BCUT2D eigenvalue weighted by molar-refractivity contribution is 8.26. The highest BCUT2D eigenvalue weighted by Crippen LogP contribution is 2.37. The van der Waals surface area contributed by atoms with Gasteiger partial charge in [0.2, 0.25) is 0 Å². The lowest BCUT2D eigenvalue weighted by Crippen LogP contribution is -2.33. The number of carbonyl (C=O) groups excluding carboxylic acids is 1. The SMILES string of the molecule is CCCCC(CC)CN1C(=O)/C(=C\c2cn(-c3ccccc3)nc2-c2ccc(OC)c(Cl)c2)SC1=S. The van der Waals surface area contributed by atoms with Crippen molar-refractivity contribution in [2.75, 3.05) is 13.7 Å². The van der Waals surface area contributed by atoms with Crippen molar-refractivity contribution < 1.29 is 9.53 Å². The Hall–Kier alpha value is -2.61. The summed E-state index contributed by atoms with van der Waals surface area (Å²) < 4.78 is 7.75. The third kappa shape index (κ3) is 5.85. The second kappa shape index (κ2) is 12.1. The Morgan fingerprint density at radius 2 is 1.97 bits per heavy atom. The zero-order valence-electron chi connectivity index (χ0n) is 20.7. The molecule has 1 fully saturated rings. The van der Waals surface area contributed by atoms with Gasteiger partial charge in [0.25, 0.3) is 5.91 Å². The Bertz CT molecular complexity index is 1270. The summed E-state index contributed by atoms with van der Waals surface area (Å²) in [7, 11) is 1.59. The van der Waals surface area contributed by atoms with E-state index in [2.05, 4.69) is 13.8 Å². The van der Waals surface area contributed by atoms with E-state index in [9.17, 15) is 4.79 Å². The summed E-state index contributed by atoms with van der Waals surface area (Å²) in [6.45, 7) is 5.04. The number of unbranched alkanes of at least 4 members (excludes halogenated alkanes) is 1. The molecule has 3 aromatic rings. The second-order valence-electron chi connectivity index (χ2n) is 8.77. The minimum Gasteiger partial charge on any atom is -0.495 e. The van der Waals surface area contributed by atoms with Crippen LogP contribution in [-0.4, -0.2) is 38.6 Å². The summed E-state index contributed by atoms with van der Waals surface area (Å²) in [6, 6.07) is 15.5. The Balaban J connectivity index is 1.70. The van der Waals surface area contributed by atoms with Crippen molar-refractivity contribution in [1.82, 2.24) is 14.7 Å². The van der Waals surface area contributed by atoms with Crippen molar-refractivity contribution in [1.29, 1.82) is 0 Å². The van der Waals surface area contributed by atoms with E-state index in [-0.39, 0.29) is 5.91 Å². The highest BCUT2D eigenvalue weighted by atomic mass is 35.5. The molecule has 1 aliphatic rings. The van der Waals surface area contributed by atoms with E-state index in [0.717, 1.165) is 48.2 Å². The number of thiocarbonyl (C=S) groups is 1. The Morgan fingerprint density at radius 3 is 2.64 bits per heavy atom. The van der Waals surface area contributed by atoms with Gasteiger partial charge in [0, 0.05) is 23.9 Å². The number of para-hydroxylation sites is 1. The summed E-state index contributed by atoms with van der Waals surface area (Å²) in [5.41, 5.74) is 3.30. The molecule has 1 aliphatic heterocycles. The number of nitrogens with zero attached hydrogens (tertiary/aromatic N) is 3. The van der Waals surface area contributed by atoms with Gasteiger partial charge in [-0.1, -0.05) is 86.9 Å². The van der Waals surface area contributed by atoms with Crippen LogP contribution in [0.4, 0.5) is 0 Å². The summed E-state index contributed by atoms with van der Waals surface area (Å²) in [5, 5.41) is 5.35. The molecular formula is C28H30ClN3O2S2. The average molecular weight is 540 g/mol. The van der Waals surface area contributed by atoms with Crippen LogP contribution < -0.4 is 4.74 Å². The fourth-order valence-corrected chi connectivity index (χ4v) is 5.74. The number of hydrogen-bond acceptors (Lipinski definition) is 5. The molecule has 8 heteroatoms. The zero-order valence-corrected chi connectivity index (χ0v) is 23.1. The molecule has 5 nitrogen and oxygen atoms in total. The third-order valence-corrected chi connectivity index (χ3v) is 8.01. The van der Waals surface area contributed by atoms with Crippen LogP contribution in [0.5, 0.6) is 5.75 Å². The molecule has 2 aromatic carbocycles. The molecule has 2 heterocycles. The molecule has 0 aliphatic carbocycles. The topological polar surface area (TPSA) is 47.4 Å². The molecule has 1 unspecified atom stereocenters. The molecule has 1 saturated heterocycles. The summed E-state index contributed by atoms with van der Waals surface area (Å²) in [4.78, 5) is 15.8. The summed E-state index contributed by atoms with van der Waals surface area (Å²) >= 11 is 13.4. The van der Waals surface area contributed by atoms with Gasteiger partial charge in [0.15, 0.2) is 0 Å². The molecule has 0 saturated carbocycles. The number of rotatable bonds is 10. The van der Waals surface area contributed by atoms with Gasteiger partial charge in [0.05, 0.1) is 22.7 Å². The van der Waals surface area contributed by atoms with Crippen LogP contribution in [0.15, 0.2) is 59.6 Å². The van der Waals surface area contributed by atoms with Crippen LogP contribution in [0, 0.1) is 5.92 Å². The number of hydrogen-bond donors (Lipinski definition) is 0. The van der Waals surface area contributed by atoms with Gasteiger partial charge in [0.1, 0.15) is 15.8 Å². The summed E-state index contributed by atoms with van der Waals surface area (Å²) in [5.74, 6) is 1.01. The number of methoxy groups -OCH3 is 1. The van der Waals surface area contributed by atoms with Gasteiger partial charge < -0.3 is 4.74 Å². The van der Waals surface area contributed by atoms with Gasteiger partial charge in [-0.05, 0) is 48.7 Å². The van der Waals surface area contributed by atoms with Crippen LogP contribution in [0.3, 0.4) is 0 Å². The van der Waals surface area contributed by atoms with Crippen molar-refractivity contribution in [2.24, 2.45) is 5.92 Å². The first-order valence-corrected chi connectivity index (χ1v) is 13.8. The fourth-order valence-electron chi connectivity index (χ4n) is 4.22. The number of thioether (sulfide) groups is 1. The predicted octanol–water partition coefficient (Wildman–Crippen LogP) is 7.62. The third-order valence-electron chi connectivity index (χ3n) is 6.33. The zero-order chi connectivity index (χ0) is 25.7. The van der Waals surface area contributed by atoms with E-state index < -0.39 is 0 Å². The normalized spacial score (nSPS) is 15.7. The quantitative estimate of drug-likeness (QED) is 0.196. The Labute approximate surface area is 227 Å². The minimum atomic E-state index is -0.0360. The molecule has 1 amide bonds.